The molecule has 0 spiro atoms. The van der Waals surface area contributed by atoms with Gasteiger partial charge in [-0.15, -0.1) is 0 Å². The Morgan fingerprint density at radius 3 is 2.58 bits per heavy atom. The van der Waals surface area contributed by atoms with E-state index in [1.54, 1.807) is 0 Å². The van der Waals surface area contributed by atoms with Gasteiger partial charge in [0.1, 0.15) is 6.04 Å². The van der Waals surface area contributed by atoms with E-state index < -0.39 is 19.0 Å². The molecule has 0 fully saturated rings. The van der Waals surface area contributed by atoms with Gasteiger partial charge in [-0.05, 0) is 6.92 Å². The van der Waals surface area contributed by atoms with E-state index in [-0.39, 0.29) is 0 Å². The van der Waals surface area contributed by atoms with Gasteiger partial charge in [0.05, 0.1) is 7.11 Å². The average molecular weight is 218 g/mol. The van der Waals surface area contributed by atoms with E-state index in [9.17, 15) is 9.36 Å². The van der Waals surface area contributed by atoms with Gasteiger partial charge < -0.3 is 14.3 Å². The maximum atomic E-state index is 10.8. The second-order valence-electron chi connectivity index (χ2n) is 1.91. The van der Waals surface area contributed by atoms with Crippen LogP contribution in [0.2, 0.25) is 0 Å². The lowest BCUT2D eigenvalue weighted by Crippen LogP contribution is -2.33. The SMILES string of the molecule is CON[C@@H](C)C(=O)OP(=O)(O)Cl. The van der Waals surface area contributed by atoms with Gasteiger partial charge in [-0.2, -0.15) is 5.48 Å². The highest BCUT2D eigenvalue weighted by Crippen LogP contribution is 2.47. The molecule has 8 heteroatoms. The highest BCUT2D eigenvalue weighted by molar-refractivity contribution is 7.80. The summed E-state index contributed by atoms with van der Waals surface area (Å²) in [4.78, 5) is 23.6. The zero-order chi connectivity index (χ0) is 9.78. The number of carbonyl (C=O) groups excluding carboxylic acids is 1. The Bertz CT molecular complexity index is 204. The summed E-state index contributed by atoms with van der Waals surface area (Å²) in [5.41, 5.74) is 2.20. The van der Waals surface area contributed by atoms with E-state index in [4.69, 9.17) is 16.1 Å². The van der Waals surface area contributed by atoms with Crippen LogP contribution in [0.5, 0.6) is 0 Å². The van der Waals surface area contributed by atoms with Gasteiger partial charge in [-0.25, -0.2) is 9.36 Å². The third-order valence-corrected chi connectivity index (χ3v) is 1.46. The molecule has 0 aliphatic rings. The van der Waals surface area contributed by atoms with Crippen molar-refractivity contribution in [2.24, 2.45) is 0 Å². The minimum atomic E-state index is -4.27. The predicted molar refractivity (Wildman–Crippen MR) is 41.4 cm³/mol. The number of halogens is 1. The normalized spacial score (nSPS) is 18.0. The molecule has 0 aliphatic carbocycles. The summed E-state index contributed by atoms with van der Waals surface area (Å²) in [6, 6.07) is -0.853. The fraction of sp³-hybridized carbons (Fsp3) is 0.750. The minimum Gasteiger partial charge on any atom is -0.379 e. The first kappa shape index (κ1) is 11.9. The second-order valence-corrected chi connectivity index (χ2v) is 4.27. The standard InChI is InChI=1S/C4H9ClNO5P/c1-3(6-10-2)4(7)11-12(5,8)9/h3,6H,1-2H3,(H,8,9)/t3-/m0/s1. The van der Waals surface area contributed by atoms with Crippen molar-refractivity contribution in [3.63, 3.8) is 0 Å². The van der Waals surface area contributed by atoms with Crippen LogP contribution in [-0.2, 0) is 18.7 Å². The molecule has 0 heterocycles. The summed E-state index contributed by atoms with van der Waals surface area (Å²) in [6.45, 7) is -2.88. The van der Waals surface area contributed by atoms with Crippen molar-refractivity contribution in [1.82, 2.24) is 5.48 Å². The minimum absolute atomic E-state index is 0.853. The molecule has 0 radical (unpaired) electrons. The highest BCUT2D eigenvalue weighted by atomic mass is 35.7. The first-order valence-corrected chi connectivity index (χ1v) is 5.39. The lowest BCUT2D eigenvalue weighted by molar-refractivity contribution is -0.139. The average Bonchev–Trinajstić information content (AvgIpc) is 1.84. The third kappa shape index (κ3) is 5.51. The fourth-order valence-electron chi connectivity index (χ4n) is 0.415. The Balaban J connectivity index is 3.96. The topological polar surface area (TPSA) is 84.9 Å². The maximum absolute atomic E-state index is 10.8. The Hall–Kier alpha value is -0.130. The largest absolute Gasteiger partial charge is 0.476 e. The van der Waals surface area contributed by atoms with Crippen LogP contribution in [0.15, 0.2) is 0 Å². The maximum Gasteiger partial charge on any atom is 0.476 e. The number of hydrogen-bond acceptors (Lipinski definition) is 5. The van der Waals surface area contributed by atoms with E-state index in [1.165, 1.54) is 14.0 Å². The van der Waals surface area contributed by atoms with Gasteiger partial charge >= 0.3 is 12.9 Å². The Labute approximate surface area is 74.1 Å². The quantitative estimate of drug-likeness (QED) is 0.524. The lowest BCUT2D eigenvalue weighted by atomic mass is 10.4. The van der Waals surface area contributed by atoms with Crippen molar-refractivity contribution in [2.75, 3.05) is 7.11 Å². The Kier molecular flexibility index (Phi) is 4.74. The van der Waals surface area contributed by atoms with Crippen molar-refractivity contribution in [3.8, 4) is 0 Å². The molecular weight excluding hydrogens is 208 g/mol. The Morgan fingerprint density at radius 1 is 1.75 bits per heavy atom. The molecule has 72 valence electrons. The van der Waals surface area contributed by atoms with E-state index in [0.717, 1.165) is 0 Å². The van der Waals surface area contributed by atoms with E-state index in [2.05, 4.69) is 14.8 Å². The molecule has 0 saturated carbocycles. The summed E-state index contributed by atoms with van der Waals surface area (Å²) in [5, 5.41) is 0. The number of hydrogen-bond donors (Lipinski definition) is 2. The summed E-state index contributed by atoms with van der Waals surface area (Å²) < 4.78 is 14.3. The molecule has 0 aliphatic heterocycles. The van der Waals surface area contributed by atoms with Gasteiger partial charge in [0, 0.05) is 11.2 Å². The molecule has 0 aromatic rings. The molecule has 2 N–H and O–H groups in total. The van der Waals surface area contributed by atoms with Gasteiger partial charge in [0.25, 0.3) is 0 Å². The molecule has 2 atom stereocenters. The van der Waals surface area contributed by atoms with Crippen LogP contribution in [0, 0.1) is 0 Å². The summed E-state index contributed by atoms with van der Waals surface area (Å²) in [7, 11) is 1.29. The van der Waals surface area contributed by atoms with Crippen LogP contribution in [-0.4, -0.2) is 24.0 Å². The van der Waals surface area contributed by atoms with Crippen LogP contribution in [0.1, 0.15) is 6.92 Å². The summed E-state index contributed by atoms with van der Waals surface area (Å²) >= 11 is 4.77. The number of carbonyl (C=O) groups is 1. The van der Waals surface area contributed by atoms with Crippen molar-refractivity contribution < 1.29 is 23.6 Å². The number of nitrogens with one attached hydrogen (secondary N) is 1. The number of hydroxylamine groups is 1. The molecule has 0 saturated heterocycles. The van der Waals surface area contributed by atoms with Crippen LogP contribution in [0.4, 0.5) is 0 Å². The van der Waals surface area contributed by atoms with Gasteiger partial charge in [-0.1, -0.05) is 0 Å². The summed E-state index contributed by atoms with van der Waals surface area (Å²) in [5.74, 6) is -0.960. The number of rotatable bonds is 4. The highest BCUT2D eigenvalue weighted by Gasteiger charge is 2.24. The zero-order valence-corrected chi connectivity index (χ0v) is 8.13. The van der Waals surface area contributed by atoms with E-state index in [0.29, 0.717) is 0 Å². The zero-order valence-electron chi connectivity index (χ0n) is 6.48. The summed E-state index contributed by atoms with van der Waals surface area (Å²) in [6.07, 6.45) is 0. The molecule has 0 amide bonds. The lowest BCUT2D eigenvalue weighted by Gasteiger charge is -2.10. The van der Waals surface area contributed by atoms with Crippen molar-refractivity contribution >= 4 is 24.2 Å². The molecule has 1 unspecified atom stereocenters. The van der Waals surface area contributed by atoms with Crippen LogP contribution in [0.25, 0.3) is 0 Å². The van der Waals surface area contributed by atoms with Gasteiger partial charge in [-0.3, -0.25) is 0 Å². The van der Waals surface area contributed by atoms with Crippen molar-refractivity contribution in [1.29, 1.82) is 0 Å². The molecule has 0 aromatic heterocycles. The van der Waals surface area contributed by atoms with Crippen LogP contribution < -0.4 is 5.48 Å². The van der Waals surface area contributed by atoms with E-state index in [1.807, 2.05) is 0 Å². The molecular formula is C4H9ClNO5P. The van der Waals surface area contributed by atoms with Crippen molar-refractivity contribution in [2.45, 2.75) is 13.0 Å². The molecule has 0 aromatic carbocycles. The first-order chi connectivity index (χ1) is 5.37. The monoisotopic (exact) mass is 217 g/mol. The van der Waals surface area contributed by atoms with Gasteiger partial charge in [0.2, 0.25) is 0 Å². The predicted octanol–water partition coefficient (Wildman–Crippen LogP) is 0.408. The van der Waals surface area contributed by atoms with Crippen molar-refractivity contribution in [3.05, 3.63) is 0 Å². The van der Waals surface area contributed by atoms with E-state index >= 15 is 0 Å². The molecule has 12 heavy (non-hydrogen) atoms. The van der Waals surface area contributed by atoms with Gasteiger partial charge in [0.15, 0.2) is 0 Å². The van der Waals surface area contributed by atoms with Crippen LogP contribution >= 0.6 is 18.2 Å². The third-order valence-electron chi connectivity index (χ3n) is 0.851. The molecule has 6 nitrogen and oxygen atoms in total. The fourth-order valence-corrected chi connectivity index (χ4v) is 0.999. The smallest absolute Gasteiger partial charge is 0.379 e. The Morgan fingerprint density at radius 2 is 2.25 bits per heavy atom. The van der Waals surface area contributed by atoms with Crippen LogP contribution in [0.3, 0.4) is 0 Å². The second kappa shape index (κ2) is 4.79. The molecule has 0 rings (SSSR count). The first-order valence-electron chi connectivity index (χ1n) is 2.91. The molecule has 0 bridgehead atoms.